The van der Waals surface area contributed by atoms with Crippen molar-refractivity contribution in [1.82, 2.24) is 9.55 Å². The summed E-state index contributed by atoms with van der Waals surface area (Å²) < 4.78 is 79.0. The van der Waals surface area contributed by atoms with Gasteiger partial charge in [-0.25, -0.2) is 4.98 Å². The molecule has 0 fully saturated rings. The van der Waals surface area contributed by atoms with E-state index in [1.165, 1.54) is 6.07 Å². The van der Waals surface area contributed by atoms with Gasteiger partial charge in [0.25, 0.3) is 0 Å². The maximum absolute atomic E-state index is 13.1. The van der Waals surface area contributed by atoms with Gasteiger partial charge in [-0.3, -0.25) is 4.79 Å². The number of aliphatic hydroxyl groups is 1. The lowest BCUT2D eigenvalue weighted by Crippen LogP contribution is -2.43. The van der Waals surface area contributed by atoms with Gasteiger partial charge < -0.3 is 9.67 Å². The number of benzene rings is 1. The van der Waals surface area contributed by atoms with Crippen molar-refractivity contribution < 1.29 is 36.2 Å². The number of rotatable bonds is 6. The van der Waals surface area contributed by atoms with Crippen molar-refractivity contribution >= 4 is 16.8 Å². The molecule has 0 amide bonds. The van der Waals surface area contributed by atoms with Crippen LogP contribution in [0, 0.1) is 0 Å². The van der Waals surface area contributed by atoms with Crippen LogP contribution in [0.4, 0.5) is 26.3 Å². The molecule has 1 atom stereocenters. The number of carbonyl (C=O) groups is 1. The number of carbonyl (C=O) groups excluding carboxylic acids is 1. The molecule has 1 aromatic heterocycles. The standard InChI is InChI=1S/C20H24F6N2O2/c1-17(2,3)28-15-10-12(19(21,22)23)8-9-14(15)27-16(28)7-5-6-13(29)11-18(4,30)20(24,25)26/h8-10,30H,5-7,11H2,1-4H3. The Labute approximate surface area is 169 Å². The molecule has 0 aliphatic carbocycles. The molecule has 0 aliphatic heterocycles. The first-order chi connectivity index (χ1) is 13.4. The molecule has 1 N–H and O–H groups in total. The number of imidazole rings is 1. The zero-order chi connectivity index (χ0) is 23.1. The highest BCUT2D eigenvalue weighted by molar-refractivity contribution is 5.79. The van der Waals surface area contributed by atoms with Crippen LogP contribution in [-0.4, -0.2) is 32.2 Å². The predicted molar refractivity (Wildman–Crippen MR) is 99.0 cm³/mol. The van der Waals surface area contributed by atoms with Gasteiger partial charge in [0.15, 0.2) is 5.60 Å². The third-order valence-corrected chi connectivity index (χ3v) is 4.73. The summed E-state index contributed by atoms with van der Waals surface area (Å²) in [4.78, 5) is 16.3. The second-order valence-electron chi connectivity index (χ2n) is 8.58. The first kappa shape index (κ1) is 24.2. The number of hydrogen-bond donors (Lipinski definition) is 1. The molecule has 1 unspecified atom stereocenters. The summed E-state index contributed by atoms with van der Waals surface area (Å²) in [6, 6.07) is 3.23. The van der Waals surface area contributed by atoms with Gasteiger partial charge in [-0.15, -0.1) is 0 Å². The number of aromatic nitrogens is 2. The van der Waals surface area contributed by atoms with E-state index in [4.69, 9.17) is 0 Å². The first-order valence-corrected chi connectivity index (χ1v) is 9.33. The van der Waals surface area contributed by atoms with Crippen molar-refractivity contribution in [3.8, 4) is 0 Å². The lowest BCUT2D eigenvalue weighted by atomic mass is 9.96. The fourth-order valence-electron chi connectivity index (χ4n) is 3.23. The monoisotopic (exact) mass is 438 g/mol. The molecule has 0 spiro atoms. The van der Waals surface area contributed by atoms with Gasteiger partial charge >= 0.3 is 12.4 Å². The Bertz CT molecular complexity index is 920. The zero-order valence-electron chi connectivity index (χ0n) is 17.1. The van der Waals surface area contributed by atoms with Crippen molar-refractivity contribution in [3.63, 3.8) is 0 Å². The van der Waals surface area contributed by atoms with E-state index >= 15 is 0 Å². The average molecular weight is 438 g/mol. The Hall–Kier alpha value is -2.10. The molecule has 168 valence electrons. The molecule has 0 aliphatic rings. The number of halogens is 6. The molecule has 0 saturated heterocycles. The number of fused-ring (bicyclic) bond motifs is 1. The van der Waals surface area contributed by atoms with E-state index in [-0.39, 0.29) is 19.3 Å². The van der Waals surface area contributed by atoms with Crippen LogP contribution < -0.4 is 0 Å². The van der Waals surface area contributed by atoms with Gasteiger partial charge in [-0.05, 0) is 52.3 Å². The van der Waals surface area contributed by atoms with Gasteiger partial charge in [0, 0.05) is 24.8 Å². The number of Topliss-reactive ketones (excluding diaryl/α,β-unsaturated/α-hetero) is 1. The Balaban J connectivity index is 2.23. The maximum Gasteiger partial charge on any atom is 0.417 e. The molecular formula is C20H24F6N2O2. The summed E-state index contributed by atoms with van der Waals surface area (Å²) in [6.45, 7) is 5.93. The summed E-state index contributed by atoms with van der Waals surface area (Å²) in [5.41, 5.74) is -3.87. The summed E-state index contributed by atoms with van der Waals surface area (Å²) in [5.74, 6) is -0.317. The number of ketones is 1. The summed E-state index contributed by atoms with van der Waals surface area (Å²) in [7, 11) is 0. The van der Waals surface area contributed by atoms with Crippen LogP contribution in [0.15, 0.2) is 18.2 Å². The number of alkyl halides is 6. The first-order valence-electron chi connectivity index (χ1n) is 9.33. The molecule has 1 heterocycles. The molecule has 0 saturated carbocycles. The second kappa shape index (κ2) is 7.86. The third-order valence-electron chi connectivity index (χ3n) is 4.73. The van der Waals surface area contributed by atoms with E-state index in [2.05, 4.69) is 4.98 Å². The van der Waals surface area contributed by atoms with E-state index in [1.54, 1.807) is 25.3 Å². The largest absolute Gasteiger partial charge is 0.417 e. The summed E-state index contributed by atoms with van der Waals surface area (Å²) in [5, 5.41) is 9.42. The van der Waals surface area contributed by atoms with Gasteiger partial charge in [-0.1, -0.05) is 0 Å². The second-order valence-corrected chi connectivity index (χ2v) is 8.58. The lowest BCUT2D eigenvalue weighted by molar-refractivity contribution is -0.253. The van der Waals surface area contributed by atoms with Gasteiger partial charge in [-0.2, -0.15) is 26.3 Å². The van der Waals surface area contributed by atoms with E-state index < -0.39 is 41.3 Å². The molecule has 1 aromatic carbocycles. The number of aryl methyl sites for hydroxylation is 1. The van der Waals surface area contributed by atoms with E-state index in [0.29, 0.717) is 23.8 Å². The zero-order valence-corrected chi connectivity index (χ0v) is 17.1. The average Bonchev–Trinajstić information content (AvgIpc) is 2.89. The minimum atomic E-state index is -4.92. The van der Waals surface area contributed by atoms with Crippen LogP contribution in [0.2, 0.25) is 0 Å². The van der Waals surface area contributed by atoms with Crippen LogP contribution in [-0.2, 0) is 22.9 Å². The van der Waals surface area contributed by atoms with Crippen molar-refractivity contribution in [2.45, 2.75) is 76.9 Å². The van der Waals surface area contributed by atoms with Gasteiger partial charge in [0.1, 0.15) is 11.6 Å². The van der Waals surface area contributed by atoms with Gasteiger partial charge in [0.2, 0.25) is 0 Å². The predicted octanol–water partition coefficient (Wildman–Crippen LogP) is 5.41. The van der Waals surface area contributed by atoms with Crippen molar-refractivity contribution in [1.29, 1.82) is 0 Å². The Morgan fingerprint density at radius 3 is 2.17 bits per heavy atom. The van der Waals surface area contributed by atoms with Crippen LogP contribution in [0.1, 0.15) is 58.3 Å². The highest BCUT2D eigenvalue weighted by atomic mass is 19.4. The van der Waals surface area contributed by atoms with E-state index in [0.717, 1.165) is 12.1 Å². The Morgan fingerprint density at radius 1 is 1.07 bits per heavy atom. The molecule has 4 nitrogen and oxygen atoms in total. The number of nitrogens with zero attached hydrogens (tertiary/aromatic N) is 2. The Kier molecular flexibility index (Phi) is 6.34. The highest BCUT2D eigenvalue weighted by Crippen LogP contribution is 2.35. The van der Waals surface area contributed by atoms with Crippen molar-refractivity contribution in [2.75, 3.05) is 0 Å². The van der Waals surface area contributed by atoms with E-state index in [9.17, 15) is 36.2 Å². The molecular weight excluding hydrogens is 414 g/mol. The third kappa shape index (κ3) is 5.33. The molecule has 0 bridgehead atoms. The molecule has 0 radical (unpaired) electrons. The quantitative estimate of drug-likeness (QED) is 0.614. The minimum absolute atomic E-state index is 0.151. The molecule has 2 rings (SSSR count). The van der Waals surface area contributed by atoms with Gasteiger partial charge in [0.05, 0.1) is 16.6 Å². The van der Waals surface area contributed by atoms with Crippen molar-refractivity contribution in [2.24, 2.45) is 0 Å². The number of hydrogen-bond acceptors (Lipinski definition) is 3. The molecule has 2 aromatic rings. The highest BCUT2D eigenvalue weighted by Gasteiger charge is 2.50. The summed E-state index contributed by atoms with van der Waals surface area (Å²) >= 11 is 0. The van der Waals surface area contributed by atoms with Crippen LogP contribution in [0.25, 0.3) is 11.0 Å². The molecule has 30 heavy (non-hydrogen) atoms. The Morgan fingerprint density at radius 2 is 1.67 bits per heavy atom. The van der Waals surface area contributed by atoms with E-state index in [1.807, 2.05) is 0 Å². The lowest BCUT2D eigenvalue weighted by Gasteiger charge is -2.26. The fourth-order valence-corrected chi connectivity index (χ4v) is 3.23. The normalized spacial score (nSPS) is 15.4. The fraction of sp³-hybridized carbons (Fsp3) is 0.600. The summed E-state index contributed by atoms with van der Waals surface area (Å²) in [6.07, 6.45) is -10.4. The molecule has 10 heteroatoms. The minimum Gasteiger partial charge on any atom is -0.380 e. The smallest absolute Gasteiger partial charge is 0.380 e. The SMILES string of the molecule is CC(C)(C)n1c(CCCC(=O)CC(C)(O)C(F)(F)F)nc2ccc(C(F)(F)F)cc21. The maximum atomic E-state index is 13.1. The van der Waals surface area contributed by atoms with Crippen molar-refractivity contribution in [3.05, 3.63) is 29.6 Å². The van der Waals surface area contributed by atoms with Crippen LogP contribution in [0.3, 0.4) is 0 Å². The van der Waals surface area contributed by atoms with Crippen LogP contribution >= 0.6 is 0 Å². The van der Waals surface area contributed by atoms with Crippen LogP contribution in [0.5, 0.6) is 0 Å². The topological polar surface area (TPSA) is 55.1 Å².